The number of benzene rings is 1. The molecule has 0 spiro atoms. The predicted molar refractivity (Wildman–Crippen MR) is 147 cm³/mol. The molecule has 0 saturated carbocycles. The summed E-state index contributed by atoms with van der Waals surface area (Å²) in [4.78, 5) is 38.8. The Bertz CT molecular complexity index is 1520. The zero-order chi connectivity index (χ0) is 31.6. The molecule has 2 aromatic heterocycles. The zero-order valence-corrected chi connectivity index (χ0v) is 23.7. The highest BCUT2D eigenvalue weighted by Gasteiger charge is 2.38. The number of ether oxygens (including phenoxy) is 1. The van der Waals surface area contributed by atoms with Crippen LogP contribution < -0.4 is 15.2 Å². The Morgan fingerprint density at radius 3 is 2.20 bits per heavy atom. The van der Waals surface area contributed by atoms with E-state index in [-0.39, 0.29) is 38.0 Å². The lowest BCUT2D eigenvalue weighted by Crippen LogP contribution is -2.51. The van der Waals surface area contributed by atoms with Gasteiger partial charge in [0, 0.05) is 50.8 Å². The smallest absolute Gasteiger partial charge is 0.421 e. The van der Waals surface area contributed by atoms with Crippen molar-refractivity contribution in [3.8, 4) is 5.75 Å². The number of carbonyl (C=O) groups excluding carboxylic acids is 1. The molecule has 4 heterocycles. The van der Waals surface area contributed by atoms with E-state index in [2.05, 4.69) is 9.97 Å². The van der Waals surface area contributed by atoms with Crippen LogP contribution >= 0.6 is 0 Å². The fourth-order valence-corrected chi connectivity index (χ4v) is 5.54. The molecule has 5 rings (SSSR count). The maximum absolute atomic E-state index is 13.9. The first-order chi connectivity index (χ1) is 20.8. The highest BCUT2D eigenvalue weighted by atomic mass is 19.4. The molecule has 0 N–H and O–H groups in total. The third kappa shape index (κ3) is 6.98. The lowest BCUT2D eigenvalue weighted by Gasteiger charge is -2.36. The molecule has 2 aliphatic rings. The van der Waals surface area contributed by atoms with Gasteiger partial charge in [0.15, 0.2) is 0 Å². The van der Waals surface area contributed by atoms with E-state index in [9.17, 15) is 35.9 Å². The van der Waals surface area contributed by atoms with Gasteiger partial charge in [-0.05, 0) is 48.7 Å². The summed E-state index contributed by atoms with van der Waals surface area (Å²) in [6.07, 6.45) is -5.34. The number of amides is 1. The van der Waals surface area contributed by atoms with Crippen LogP contribution in [0.1, 0.15) is 41.1 Å². The number of hydrogen-bond acceptors (Lipinski definition) is 7. The van der Waals surface area contributed by atoms with Gasteiger partial charge in [0.05, 0.1) is 25.8 Å². The lowest BCUT2D eigenvalue weighted by atomic mass is 10.0. The van der Waals surface area contributed by atoms with Gasteiger partial charge >= 0.3 is 12.4 Å². The van der Waals surface area contributed by atoms with E-state index < -0.39 is 35.1 Å². The minimum atomic E-state index is -4.86. The molecule has 236 valence electrons. The number of likely N-dealkylation sites (tertiary alicyclic amines) is 1. The van der Waals surface area contributed by atoms with Crippen LogP contribution in [0.3, 0.4) is 0 Å². The van der Waals surface area contributed by atoms with Crippen LogP contribution in [0, 0.1) is 0 Å². The van der Waals surface area contributed by atoms with E-state index in [0.717, 1.165) is 23.0 Å². The number of halogens is 6. The van der Waals surface area contributed by atoms with Crippen LogP contribution in [0.25, 0.3) is 0 Å². The number of pyridine rings is 1. The van der Waals surface area contributed by atoms with Gasteiger partial charge in [-0.25, -0.2) is 9.97 Å². The van der Waals surface area contributed by atoms with E-state index in [4.69, 9.17) is 4.74 Å². The molecular formula is C29H30F6N6O3. The Hall–Kier alpha value is -4.14. The van der Waals surface area contributed by atoms with Crippen molar-refractivity contribution >= 4 is 11.9 Å². The van der Waals surface area contributed by atoms with Gasteiger partial charge in [-0.1, -0.05) is 12.1 Å². The first kappa shape index (κ1) is 31.3. The van der Waals surface area contributed by atoms with Crippen LogP contribution in [-0.2, 0) is 23.7 Å². The fourth-order valence-electron chi connectivity index (χ4n) is 5.54. The average molecular weight is 625 g/mol. The largest absolute Gasteiger partial charge is 0.497 e. The average Bonchev–Trinajstić information content (AvgIpc) is 3.45. The molecule has 44 heavy (non-hydrogen) atoms. The SMILES string of the molecule is COc1ccc(Cn2cc(C3CCCN3CC(=O)N3CCN(c4ncc(C(F)(F)F)cn4)CC3)cc(C(F)(F)F)c2=O)cc1. The molecule has 9 nitrogen and oxygen atoms in total. The van der Waals surface area contributed by atoms with Crippen molar-refractivity contribution in [2.75, 3.05) is 51.3 Å². The predicted octanol–water partition coefficient (Wildman–Crippen LogP) is 4.22. The van der Waals surface area contributed by atoms with E-state index in [1.165, 1.54) is 13.3 Å². The molecule has 2 saturated heterocycles. The fraction of sp³-hybridized carbons (Fsp3) is 0.448. The highest BCUT2D eigenvalue weighted by molar-refractivity contribution is 5.78. The Labute approximate surface area is 248 Å². The molecule has 2 fully saturated rings. The van der Waals surface area contributed by atoms with Crippen LogP contribution in [0.15, 0.2) is 53.7 Å². The number of alkyl halides is 6. The second kappa shape index (κ2) is 12.5. The molecule has 0 bridgehead atoms. The lowest BCUT2D eigenvalue weighted by molar-refractivity contribution is -0.139. The van der Waals surface area contributed by atoms with Crippen molar-refractivity contribution in [3.63, 3.8) is 0 Å². The molecule has 3 aromatic rings. The summed E-state index contributed by atoms with van der Waals surface area (Å²) in [7, 11) is 1.49. The van der Waals surface area contributed by atoms with E-state index in [1.54, 1.807) is 34.1 Å². The molecule has 2 aliphatic heterocycles. The summed E-state index contributed by atoms with van der Waals surface area (Å²) in [5.41, 5.74) is -2.43. The maximum Gasteiger partial charge on any atom is 0.421 e. The molecule has 1 atom stereocenters. The number of piperazine rings is 1. The van der Waals surface area contributed by atoms with Crippen LogP contribution in [-0.4, -0.2) is 76.6 Å². The van der Waals surface area contributed by atoms with Crippen molar-refractivity contribution in [1.82, 2.24) is 24.3 Å². The van der Waals surface area contributed by atoms with Gasteiger partial charge in [0.25, 0.3) is 5.56 Å². The monoisotopic (exact) mass is 624 g/mol. The van der Waals surface area contributed by atoms with Crippen LogP contribution in [0.5, 0.6) is 5.75 Å². The van der Waals surface area contributed by atoms with Crippen LogP contribution in [0.2, 0.25) is 0 Å². The highest BCUT2D eigenvalue weighted by Crippen LogP contribution is 2.35. The van der Waals surface area contributed by atoms with Crippen molar-refractivity contribution in [2.24, 2.45) is 0 Å². The molecule has 1 aromatic carbocycles. The van der Waals surface area contributed by atoms with Gasteiger partial charge in [0.2, 0.25) is 11.9 Å². The third-order valence-electron chi connectivity index (χ3n) is 7.89. The second-order valence-corrected chi connectivity index (χ2v) is 10.7. The molecule has 0 aliphatic carbocycles. The number of methoxy groups -OCH3 is 1. The number of aromatic nitrogens is 3. The Morgan fingerprint density at radius 1 is 0.955 bits per heavy atom. The normalized spacial score (nSPS) is 18.1. The van der Waals surface area contributed by atoms with Crippen molar-refractivity contribution in [3.05, 3.63) is 81.5 Å². The number of rotatable bonds is 7. The summed E-state index contributed by atoms with van der Waals surface area (Å²) in [6, 6.07) is 7.07. The van der Waals surface area contributed by atoms with Gasteiger partial charge in [-0.15, -0.1) is 0 Å². The third-order valence-corrected chi connectivity index (χ3v) is 7.89. The zero-order valence-electron chi connectivity index (χ0n) is 23.7. The minimum Gasteiger partial charge on any atom is -0.497 e. The Kier molecular flexibility index (Phi) is 8.86. The van der Waals surface area contributed by atoms with Crippen molar-refractivity contribution < 1.29 is 35.9 Å². The molecule has 1 amide bonds. The molecular weight excluding hydrogens is 594 g/mol. The van der Waals surface area contributed by atoms with Gasteiger partial charge in [0.1, 0.15) is 11.3 Å². The van der Waals surface area contributed by atoms with Gasteiger partial charge in [-0.3, -0.25) is 14.5 Å². The first-order valence-corrected chi connectivity index (χ1v) is 13.9. The van der Waals surface area contributed by atoms with Crippen LogP contribution in [0.4, 0.5) is 32.3 Å². The second-order valence-electron chi connectivity index (χ2n) is 10.7. The Balaban J connectivity index is 1.28. The molecule has 15 heteroatoms. The van der Waals surface area contributed by atoms with Crippen molar-refractivity contribution in [2.45, 2.75) is 37.8 Å². The molecule has 1 unspecified atom stereocenters. The summed E-state index contributed by atoms with van der Waals surface area (Å²) in [5, 5.41) is 0. The minimum absolute atomic E-state index is 0.0274. The summed E-state index contributed by atoms with van der Waals surface area (Å²) in [5.74, 6) is 0.494. The number of hydrogen-bond donors (Lipinski definition) is 0. The van der Waals surface area contributed by atoms with E-state index in [1.807, 2.05) is 4.90 Å². The summed E-state index contributed by atoms with van der Waals surface area (Å²) < 4.78 is 86.5. The van der Waals surface area contributed by atoms with Gasteiger partial charge in [-0.2, -0.15) is 26.3 Å². The first-order valence-electron chi connectivity index (χ1n) is 13.9. The molecule has 0 radical (unpaired) electrons. The number of nitrogens with zero attached hydrogens (tertiary/aromatic N) is 6. The van der Waals surface area contributed by atoms with E-state index >= 15 is 0 Å². The summed E-state index contributed by atoms with van der Waals surface area (Å²) in [6.45, 7) is 1.59. The quantitative estimate of drug-likeness (QED) is 0.364. The number of carbonyl (C=O) groups is 1. The summed E-state index contributed by atoms with van der Waals surface area (Å²) >= 11 is 0. The van der Waals surface area contributed by atoms with Gasteiger partial charge < -0.3 is 19.1 Å². The Morgan fingerprint density at radius 2 is 1.61 bits per heavy atom. The topological polar surface area (TPSA) is 83.8 Å². The standard InChI is InChI=1S/C29H30F6N6O3/c1-44-22-6-4-19(5-7-22)16-41-17-20(13-23(26(41)43)29(33,34)35)24-3-2-8-40(24)18-25(42)38-9-11-39(12-10-38)27-36-14-21(15-37-27)28(30,31)32/h4-7,13-15,17,24H,2-3,8-12,16,18H2,1H3. The number of anilines is 1. The maximum atomic E-state index is 13.9. The van der Waals surface area contributed by atoms with E-state index in [0.29, 0.717) is 49.4 Å². The van der Waals surface area contributed by atoms with Crippen molar-refractivity contribution in [1.29, 1.82) is 0 Å².